The first-order chi connectivity index (χ1) is 15.8. The van der Waals surface area contributed by atoms with Crippen molar-refractivity contribution in [3.8, 4) is 22.8 Å². The van der Waals surface area contributed by atoms with Gasteiger partial charge in [-0.05, 0) is 56.2 Å². The van der Waals surface area contributed by atoms with Crippen LogP contribution in [0.5, 0.6) is 11.5 Å². The van der Waals surface area contributed by atoms with Crippen molar-refractivity contribution in [1.29, 1.82) is 0 Å². The maximum atomic E-state index is 12.9. The van der Waals surface area contributed by atoms with E-state index in [1.807, 2.05) is 40.6 Å². The smallest absolute Gasteiger partial charge is 0.222 e. The largest absolute Gasteiger partial charge is 0.497 e. The Morgan fingerprint density at radius 3 is 2.48 bits per heavy atom. The molecular formula is C26H34N4O3. The monoisotopic (exact) mass is 450 g/mol. The minimum Gasteiger partial charge on any atom is -0.497 e. The molecule has 0 bridgehead atoms. The molecular weight excluding hydrogens is 416 g/mol. The Labute approximate surface area is 195 Å². The minimum absolute atomic E-state index is 0.233. The SMILES string of the molecule is COc1ccc(-c2cc3nc(C)c(CCC(=O)N4C[C@H](C)C[C@@H](C)C4)c(C)n3n2)c(OC)c1. The number of likely N-dealkylation sites (tertiary alicyclic amines) is 1. The molecule has 0 unspecified atom stereocenters. The van der Waals surface area contributed by atoms with Crippen LogP contribution in [-0.4, -0.2) is 52.7 Å². The Morgan fingerprint density at radius 2 is 1.82 bits per heavy atom. The van der Waals surface area contributed by atoms with E-state index >= 15 is 0 Å². The first-order valence-corrected chi connectivity index (χ1v) is 11.7. The average molecular weight is 451 g/mol. The predicted molar refractivity (Wildman–Crippen MR) is 129 cm³/mol. The molecule has 1 aromatic carbocycles. The average Bonchev–Trinajstić information content (AvgIpc) is 3.21. The van der Waals surface area contributed by atoms with E-state index in [-0.39, 0.29) is 5.91 Å². The van der Waals surface area contributed by atoms with Crippen molar-refractivity contribution in [2.75, 3.05) is 27.3 Å². The van der Waals surface area contributed by atoms with E-state index in [4.69, 9.17) is 19.6 Å². The number of amides is 1. The number of fused-ring (bicyclic) bond motifs is 1. The van der Waals surface area contributed by atoms with Crippen molar-refractivity contribution in [3.05, 3.63) is 41.2 Å². The Kier molecular flexibility index (Phi) is 6.58. The molecule has 0 N–H and O–H groups in total. The van der Waals surface area contributed by atoms with E-state index in [0.29, 0.717) is 30.4 Å². The highest BCUT2D eigenvalue weighted by Gasteiger charge is 2.25. The highest BCUT2D eigenvalue weighted by molar-refractivity contribution is 5.77. The molecule has 1 saturated heterocycles. The Bertz CT molecular complexity index is 1160. The van der Waals surface area contributed by atoms with Gasteiger partial charge in [0, 0.05) is 48.6 Å². The zero-order valence-corrected chi connectivity index (χ0v) is 20.5. The van der Waals surface area contributed by atoms with Crippen molar-refractivity contribution >= 4 is 11.6 Å². The number of carbonyl (C=O) groups is 1. The van der Waals surface area contributed by atoms with Crippen molar-refractivity contribution in [1.82, 2.24) is 19.5 Å². The lowest BCUT2D eigenvalue weighted by Crippen LogP contribution is -2.42. The summed E-state index contributed by atoms with van der Waals surface area (Å²) in [4.78, 5) is 19.8. The van der Waals surface area contributed by atoms with Gasteiger partial charge in [0.2, 0.25) is 5.91 Å². The lowest BCUT2D eigenvalue weighted by atomic mass is 9.91. The fourth-order valence-corrected chi connectivity index (χ4v) is 5.09. The van der Waals surface area contributed by atoms with E-state index in [9.17, 15) is 4.79 Å². The Hall–Kier alpha value is -3.09. The molecule has 1 aliphatic rings. The maximum absolute atomic E-state index is 12.9. The number of carbonyl (C=O) groups excluding carboxylic acids is 1. The topological polar surface area (TPSA) is 69.0 Å². The summed E-state index contributed by atoms with van der Waals surface area (Å²) in [7, 11) is 3.27. The van der Waals surface area contributed by atoms with Crippen molar-refractivity contribution < 1.29 is 14.3 Å². The van der Waals surface area contributed by atoms with Crippen LogP contribution in [-0.2, 0) is 11.2 Å². The second-order valence-corrected chi connectivity index (χ2v) is 9.37. The molecule has 7 heteroatoms. The quantitative estimate of drug-likeness (QED) is 0.554. The van der Waals surface area contributed by atoms with Gasteiger partial charge in [-0.2, -0.15) is 5.10 Å². The van der Waals surface area contributed by atoms with Crippen LogP contribution >= 0.6 is 0 Å². The molecule has 2 atom stereocenters. The van der Waals surface area contributed by atoms with Gasteiger partial charge >= 0.3 is 0 Å². The summed E-state index contributed by atoms with van der Waals surface area (Å²) in [6.45, 7) is 10.3. The summed E-state index contributed by atoms with van der Waals surface area (Å²) in [6.07, 6.45) is 2.36. The van der Waals surface area contributed by atoms with Crippen LogP contribution in [0.2, 0.25) is 0 Å². The minimum atomic E-state index is 0.233. The van der Waals surface area contributed by atoms with Crippen LogP contribution in [0.3, 0.4) is 0 Å². The fraction of sp³-hybridized carbons (Fsp3) is 0.500. The molecule has 1 amide bonds. The molecule has 3 aromatic rings. The Morgan fingerprint density at radius 1 is 1.09 bits per heavy atom. The van der Waals surface area contributed by atoms with Gasteiger partial charge in [-0.25, -0.2) is 9.50 Å². The molecule has 4 rings (SSSR count). The predicted octanol–water partition coefficient (Wildman–Crippen LogP) is 4.47. The van der Waals surface area contributed by atoms with E-state index in [1.165, 1.54) is 6.42 Å². The van der Waals surface area contributed by atoms with Gasteiger partial charge in [-0.15, -0.1) is 0 Å². The zero-order valence-electron chi connectivity index (χ0n) is 20.5. The highest BCUT2D eigenvalue weighted by Crippen LogP contribution is 2.33. The van der Waals surface area contributed by atoms with E-state index < -0.39 is 0 Å². The molecule has 2 aromatic heterocycles. The van der Waals surface area contributed by atoms with Gasteiger partial charge < -0.3 is 14.4 Å². The van der Waals surface area contributed by atoms with Gasteiger partial charge in [-0.3, -0.25) is 4.79 Å². The molecule has 0 aliphatic carbocycles. The third kappa shape index (κ3) is 4.68. The van der Waals surface area contributed by atoms with Gasteiger partial charge in [0.25, 0.3) is 0 Å². The first-order valence-electron chi connectivity index (χ1n) is 11.7. The number of methoxy groups -OCH3 is 2. The summed E-state index contributed by atoms with van der Waals surface area (Å²) in [5.41, 5.74) is 5.50. The number of hydrogen-bond acceptors (Lipinski definition) is 5. The number of piperidine rings is 1. The van der Waals surface area contributed by atoms with E-state index in [2.05, 4.69) is 20.8 Å². The third-order valence-electron chi connectivity index (χ3n) is 6.66. The van der Waals surface area contributed by atoms with Crippen LogP contribution in [0, 0.1) is 25.7 Å². The summed E-state index contributed by atoms with van der Waals surface area (Å²) in [5, 5.41) is 4.82. The number of rotatable bonds is 6. The van der Waals surface area contributed by atoms with Crippen LogP contribution in [0.4, 0.5) is 0 Å². The molecule has 0 spiro atoms. The zero-order chi connectivity index (χ0) is 23.7. The molecule has 176 valence electrons. The number of aromatic nitrogens is 3. The van der Waals surface area contributed by atoms with Gasteiger partial charge in [0.1, 0.15) is 11.5 Å². The summed E-state index contributed by atoms with van der Waals surface area (Å²) in [6, 6.07) is 7.66. The second kappa shape index (κ2) is 9.41. The number of nitrogens with zero attached hydrogens (tertiary/aromatic N) is 4. The van der Waals surface area contributed by atoms with Crippen LogP contribution in [0.1, 0.15) is 43.6 Å². The van der Waals surface area contributed by atoms with Crippen molar-refractivity contribution in [2.45, 2.75) is 47.0 Å². The molecule has 0 saturated carbocycles. The van der Waals surface area contributed by atoms with E-state index in [1.54, 1.807) is 14.2 Å². The van der Waals surface area contributed by atoms with Gasteiger partial charge in [0.15, 0.2) is 5.65 Å². The summed E-state index contributed by atoms with van der Waals surface area (Å²) >= 11 is 0. The third-order valence-corrected chi connectivity index (χ3v) is 6.66. The molecule has 33 heavy (non-hydrogen) atoms. The second-order valence-electron chi connectivity index (χ2n) is 9.37. The standard InChI is InChI=1S/C26H34N4O3/c1-16-11-17(2)15-29(14-16)26(31)10-9-21-18(3)27-25-13-23(28-30(25)19(21)4)22-8-7-20(32-5)12-24(22)33-6/h7-8,12-13,16-17H,9-11,14-15H2,1-6H3/t16-,17-/m1/s1. The molecule has 1 aliphatic heterocycles. The summed E-state index contributed by atoms with van der Waals surface area (Å²) in [5.74, 6) is 2.79. The van der Waals surface area contributed by atoms with Gasteiger partial charge in [-0.1, -0.05) is 13.8 Å². The number of aryl methyl sites for hydroxylation is 2. The normalized spacial score (nSPS) is 18.5. The molecule has 7 nitrogen and oxygen atoms in total. The van der Waals surface area contributed by atoms with Crippen LogP contribution in [0.15, 0.2) is 24.3 Å². The fourth-order valence-electron chi connectivity index (χ4n) is 5.09. The Balaban J connectivity index is 1.59. The molecule has 1 fully saturated rings. The van der Waals surface area contributed by atoms with Crippen LogP contribution < -0.4 is 9.47 Å². The molecule has 0 radical (unpaired) electrons. The first kappa shape index (κ1) is 23.1. The van der Waals surface area contributed by atoms with E-state index in [0.717, 1.165) is 52.7 Å². The highest BCUT2D eigenvalue weighted by atomic mass is 16.5. The molecule has 3 heterocycles. The lowest BCUT2D eigenvalue weighted by Gasteiger charge is -2.35. The number of benzene rings is 1. The van der Waals surface area contributed by atoms with Crippen LogP contribution in [0.25, 0.3) is 16.9 Å². The van der Waals surface area contributed by atoms with Gasteiger partial charge in [0.05, 0.1) is 19.9 Å². The lowest BCUT2D eigenvalue weighted by molar-refractivity contribution is -0.133. The number of hydrogen-bond donors (Lipinski definition) is 0. The van der Waals surface area contributed by atoms with Crippen molar-refractivity contribution in [2.24, 2.45) is 11.8 Å². The maximum Gasteiger partial charge on any atom is 0.222 e. The van der Waals surface area contributed by atoms with Crippen molar-refractivity contribution in [3.63, 3.8) is 0 Å². The summed E-state index contributed by atoms with van der Waals surface area (Å²) < 4.78 is 12.7. The number of ether oxygens (including phenoxy) is 2.